The maximum Gasteiger partial charge on any atom is 0.152 e. The van der Waals surface area contributed by atoms with Gasteiger partial charge in [0.15, 0.2) is 12.6 Å². The number of rotatable bonds is 6. The smallest absolute Gasteiger partial charge is 0.152 e. The Kier molecular flexibility index (Phi) is 4.82. The molecule has 18 heavy (non-hydrogen) atoms. The van der Waals surface area contributed by atoms with E-state index in [0.29, 0.717) is 22.5 Å². The van der Waals surface area contributed by atoms with Gasteiger partial charge in [-0.15, -0.1) is 0 Å². The first-order chi connectivity index (χ1) is 8.60. The fourth-order valence-corrected chi connectivity index (χ4v) is 1.73. The van der Waals surface area contributed by atoms with Crippen molar-refractivity contribution in [2.45, 2.75) is 0 Å². The van der Waals surface area contributed by atoms with Crippen molar-refractivity contribution in [2.24, 2.45) is 0 Å². The summed E-state index contributed by atoms with van der Waals surface area (Å²) in [5.41, 5.74) is 8.17. The second-order valence-corrected chi connectivity index (χ2v) is 3.74. The fourth-order valence-electron chi connectivity index (χ4n) is 1.73. The van der Waals surface area contributed by atoms with Crippen LogP contribution in [0, 0.1) is 0 Å². The van der Waals surface area contributed by atoms with Crippen molar-refractivity contribution in [2.75, 3.05) is 38.2 Å². The Labute approximate surface area is 107 Å². The van der Waals surface area contributed by atoms with Crippen LogP contribution in [0.4, 0.5) is 11.4 Å². The van der Waals surface area contributed by atoms with Crippen LogP contribution >= 0.6 is 0 Å². The highest BCUT2D eigenvalue weighted by molar-refractivity contribution is 5.98. The molecule has 0 atom stereocenters. The number of anilines is 2. The molecule has 6 heteroatoms. The van der Waals surface area contributed by atoms with Gasteiger partial charge in [0.05, 0.1) is 11.4 Å². The van der Waals surface area contributed by atoms with Gasteiger partial charge in [-0.3, -0.25) is 9.59 Å². The SMILES string of the molecule is CNN(C)c1c(C=O)ccc(C=O)c1N(C)NC. The molecule has 1 aromatic carbocycles. The quantitative estimate of drug-likeness (QED) is 0.564. The van der Waals surface area contributed by atoms with Gasteiger partial charge in [0.1, 0.15) is 0 Å². The van der Waals surface area contributed by atoms with Gasteiger partial charge >= 0.3 is 0 Å². The molecular formula is C12H18N4O2. The molecule has 1 aromatic rings. The van der Waals surface area contributed by atoms with E-state index in [2.05, 4.69) is 10.9 Å². The number of hydrogen-bond acceptors (Lipinski definition) is 6. The normalized spacial score (nSPS) is 10.0. The highest BCUT2D eigenvalue weighted by Crippen LogP contribution is 2.32. The summed E-state index contributed by atoms with van der Waals surface area (Å²) in [6.45, 7) is 0. The average Bonchev–Trinajstić information content (AvgIpc) is 2.43. The average molecular weight is 250 g/mol. The first-order valence-electron chi connectivity index (χ1n) is 5.50. The predicted molar refractivity (Wildman–Crippen MR) is 72.1 cm³/mol. The first kappa shape index (κ1) is 14.1. The lowest BCUT2D eigenvalue weighted by atomic mass is 10.1. The van der Waals surface area contributed by atoms with Crippen molar-refractivity contribution in [3.8, 4) is 0 Å². The number of hydrazine groups is 2. The van der Waals surface area contributed by atoms with Gasteiger partial charge in [0.25, 0.3) is 0 Å². The second kappa shape index (κ2) is 6.13. The molecule has 0 fully saturated rings. The van der Waals surface area contributed by atoms with E-state index in [1.54, 1.807) is 50.3 Å². The van der Waals surface area contributed by atoms with Gasteiger partial charge in [-0.1, -0.05) is 0 Å². The number of carbonyl (C=O) groups is 2. The number of benzene rings is 1. The van der Waals surface area contributed by atoms with E-state index < -0.39 is 0 Å². The molecule has 0 aliphatic rings. The van der Waals surface area contributed by atoms with Gasteiger partial charge < -0.3 is 10.0 Å². The van der Waals surface area contributed by atoms with Gasteiger partial charge in [0, 0.05) is 39.3 Å². The van der Waals surface area contributed by atoms with E-state index in [-0.39, 0.29) is 0 Å². The lowest BCUT2D eigenvalue weighted by molar-refractivity contribution is 0.111. The third-order valence-corrected chi connectivity index (χ3v) is 2.81. The van der Waals surface area contributed by atoms with E-state index in [4.69, 9.17) is 0 Å². The highest BCUT2D eigenvalue weighted by Gasteiger charge is 2.18. The third kappa shape index (κ3) is 2.49. The van der Waals surface area contributed by atoms with E-state index in [0.717, 1.165) is 12.6 Å². The van der Waals surface area contributed by atoms with Crippen LogP contribution in [0.3, 0.4) is 0 Å². The molecule has 0 aromatic heterocycles. The molecule has 6 nitrogen and oxygen atoms in total. The van der Waals surface area contributed by atoms with E-state index in [9.17, 15) is 9.59 Å². The number of nitrogens with zero attached hydrogens (tertiary/aromatic N) is 2. The molecule has 2 N–H and O–H groups in total. The topological polar surface area (TPSA) is 64.7 Å². The van der Waals surface area contributed by atoms with Crippen molar-refractivity contribution < 1.29 is 9.59 Å². The predicted octanol–water partition coefficient (Wildman–Crippen LogP) is 0.453. The van der Waals surface area contributed by atoms with E-state index >= 15 is 0 Å². The summed E-state index contributed by atoms with van der Waals surface area (Å²) in [6, 6.07) is 3.26. The van der Waals surface area contributed by atoms with Crippen LogP contribution in [0.15, 0.2) is 12.1 Å². The summed E-state index contributed by atoms with van der Waals surface area (Å²) in [6.07, 6.45) is 1.54. The molecule has 0 unspecified atom stereocenters. The molecule has 0 amide bonds. The zero-order chi connectivity index (χ0) is 13.7. The molecule has 98 valence electrons. The van der Waals surface area contributed by atoms with E-state index in [1.165, 1.54) is 0 Å². The maximum atomic E-state index is 11.1. The van der Waals surface area contributed by atoms with Crippen LogP contribution in [-0.2, 0) is 0 Å². The first-order valence-corrected chi connectivity index (χ1v) is 5.50. The van der Waals surface area contributed by atoms with Gasteiger partial charge in [-0.05, 0) is 12.1 Å². The lowest BCUT2D eigenvalue weighted by Gasteiger charge is -2.29. The molecule has 0 spiro atoms. The van der Waals surface area contributed by atoms with E-state index in [1.807, 2.05) is 0 Å². The Morgan fingerprint density at radius 3 is 1.44 bits per heavy atom. The number of carbonyl (C=O) groups excluding carboxylic acids is 2. The Morgan fingerprint density at radius 2 is 1.22 bits per heavy atom. The summed E-state index contributed by atoms with van der Waals surface area (Å²) in [5.74, 6) is 0. The summed E-state index contributed by atoms with van der Waals surface area (Å²) in [4.78, 5) is 22.3. The number of hydrogen-bond donors (Lipinski definition) is 2. The van der Waals surface area contributed by atoms with Gasteiger partial charge in [0.2, 0.25) is 0 Å². The molecule has 1 rings (SSSR count). The maximum absolute atomic E-state index is 11.1. The Bertz CT molecular complexity index is 407. The Morgan fingerprint density at radius 1 is 0.889 bits per heavy atom. The fraction of sp³-hybridized carbons (Fsp3) is 0.333. The van der Waals surface area contributed by atoms with Crippen LogP contribution in [0.1, 0.15) is 20.7 Å². The zero-order valence-corrected chi connectivity index (χ0v) is 11.0. The minimum atomic E-state index is 0.509. The van der Waals surface area contributed by atoms with Gasteiger partial charge in [-0.2, -0.15) is 0 Å². The monoisotopic (exact) mass is 250 g/mol. The lowest BCUT2D eigenvalue weighted by Crippen LogP contribution is -2.37. The van der Waals surface area contributed by atoms with Crippen molar-refractivity contribution in [3.63, 3.8) is 0 Å². The molecule has 0 heterocycles. The molecule has 0 aliphatic heterocycles. The minimum absolute atomic E-state index is 0.509. The number of nitrogens with one attached hydrogen (secondary N) is 2. The van der Waals surface area contributed by atoms with Crippen LogP contribution in [-0.4, -0.2) is 40.8 Å². The summed E-state index contributed by atoms with van der Waals surface area (Å²) >= 11 is 0. The van der Waals surface area contributed by atoms with Crippen LogP contribution in [0.2, 0.25) is 0 Å². The minimum Gasteiger partial charge on any atom is -0.309 e. The molecule has 0 saturated heterocycles. The van der Waals surface area contributed by atoms with Crippen LogP contribution in [0.5, 0.6) is 0 Å². The molecule has 0 bridgehead atoms. The van der Waals surface area contributed by atoms with Crippen molar-refractivity contribution in [1.29, 1.82) is 0 Å². The summed E-state index contributed by atoms with van der Waals surface area (Å²) < 4.78 is 0. The molecule has 0 aliphatic carbocycles. The van der Waals surface area contributed by atoms with Crippen molar-refractivity contribution in [1.82, 2.24) is 10.9 Å². The van der Waals surface area contributed by atoms with Gasteiger partial charge in [-0.25, -0.2) is 10.9 Å². The zero-order valence-electron chi connectivity index (χ0n) is 11.0. The van der Waals surface area contributed by atoms with Crippen LogP contribution in [0.25, 0.3) is 0 Å². The Hall–Kier alpha value is -1.92. The Balaban J connectivity index is 3.57. The molecule has 0 radical (unpaired) electrons. The third-order valence-electron chi connectivity index (χ3n) is 2.81. The highest BCUT2D eigenvalue weighted by atomic mass is 16.1. The number of aldehydes is 2. The molecule has 0 saturated carbocycles. The van der Waals surface area contributed by atoms with Crippen LogP contribution < -0.4 is 20.9 Å². The summed E-state index contributed by atoms with van der Waals surface area (Å²) in [5, 5.41) is 3.39. The van der Waals surface area contributed by atoms with Crippen molar-refractivity contribution >= 4 is 23.9 Å². The standard InChI is InChI=1S/C12H18N4O2/c1-13-15(3)11-9(7-17)5-6-10(8-18)12(11)16(4)14-2/h5-8,13-14H,1-4H3. The van der Waals surface area contributed by atoms with Crippen molar-refractivity contribution in [3.05, 3.63) is 23.3 Å². The second-order valence-electron chi connectivity index (χ2n) is 3.74. The summed E-state index contributed by atoms with van der Waals surface area (Å²) in [7, 11) is 7.05. The molecular weight excluding hydrogens is 232 g/mol. The largest absolute Gasteiger partial charge is 0.309 e.